The van der Waals surface area contributed by atoms with E-state index in [1.807, 2.05) is 0 Å². The van der Waals surface area contributed by atoms with E-state index in [1.165, 1.54) is 6.07 Å². The average Bonchev–Trinajstić information content (AvgIpc) is 2.16. The summed E-state index contributed by atoms with van der Waals surface area (Å²) < 4.78 is 27.8. The van der Waals surface area contributed by atoms with Crippen LogP contribution in [0.4, 0.5) is 0 Å². The highest BCUT2D eigenvalue weighted by Crippen LogP contribution is 2.23. The summed E-state index contributed by atoms with van der Waals surface area (Å²) in [5.74, 6) is 0.676. The van der Waals surface area contributed by atoms with E-state index in [0.29, 0.717) is 17.9 Å². The minimum absolute atomic E-state index is 0.136. The Morgan fingerprint density at radius 2 is 2.06 bits per heavy atom. The van der Waals surface area contributed by atoms with Crippen LogP contribution in [0.25, 0.3) is 0 Å². The smallest absolute Gasteiger partial charge is 0.261 e. The average molecular weight is 263 g/mol. The number of aryl methyl sites for hydroxylation is 1. The largest absolute Gasteiger partial charge is 0.494 e. The maximum atomic E-state index is 11.1. The Morgan fingerprint density at radius 1 is 1.38 bits per heavy atom. The highest BCUT2D eigenvalue weighted by Gasteiger charge is 2.13. The molecule has 0 unspecified atom stereocenters. The van der Waals surface area contributed by atoms with Gasteiger partial charge in [-0.1, -0.05) is 13.3 Å². The van der Waals surface area contributed by atoms with E-state index in [0.717, 1.165) is 12.8 Å². The fourth-order valence-corrected chi connectivity index (χ4v) is 2.51. The van der Waals surface area contributed by atoms with Crippen LogP contribution in [0.15, 0.2) is 23.1 Å². The van der Waals surface area contributed by atoms with Gasteiger partial charge in [0, 0.05) is 10.7 Å². The molecule has 0 radical (unpaired) electrons. The first-order valence-corrected chi connectivity index (χ1v) is 7.44. The lowest BCUT2D eigenvalue weighted by atomic mass is 10.2. The Morgan fingerprint density at radius 3 is 2.56 bits per heavy atom. The number of unbranched alkanes of at least 4 members (excludes halogenated alkanes) is 1. The van der Waals surface area contributed by atoms with Gasteiger partial charge in [-0.2, -0.15) is 0 Å². The molecular formula is C11H15ClO3S. The third-order valence-electron chi connectivity index (χ3n) is 2.18. The van der Waals surface area contributed by atoms with Crippen LogP contribution in [-0.4, -0.2) is 15.0 Å². The maximum Gasteiger partial charge on any atom is 0.261 e. The second kappa shape index (κ2) is 5.55. The summed E-state index contributed by atoms with van der Waals surface area (Å²) in [7, 11) is 1.62. The molecule has 3 nitrogen and oxygen atoms in total. The Kier molecular flexibility index (Phi) is 4.62. The minimum atomic E-state index is -3.66. The van der Waals surface area contributed by atoms with Crippen LogP contribution in [0.3, 0.4) is 0 Å². The molecule has 0 heterocycles. The van der Waals surface area contributed by atoms with E-state index in [9.17, 15) is 8.42 Å². The first-order valence-electron chi connectivity index (χ1n) is 5.13. The molecule has 5 heteroatoms. The van der Waals surface area contributed by atoms with Crippen molar-refractivity contribution in [1.29, 1.82) is 0 Å². The number of ether oxygens (including phenoxy) is 1. The summed E-state index contributed by atoms with van der Waals surface area (Å²) in [6, 6.07) is 4.78. The van der Waals surface area contributed by atoms with E-state index in [1.54, 1.807) is 19.1 Å². The number of hydrogen-bond donors (Lipinski definition) is 0. The van der Waals surface area contributed by atoms with Crippen molar-refractivity contribution in [2.24, 2.45) is 0 Å². The van der Waals surface area contributed by atoms with Crippen molar-refractivity contribution in [3.8, 4) is 5.75 Å². The van der Waals surface area contributed by atoms with Crippen molar-refractivity contribution >= 4 is 19.7 Å². The molecule has 0 N–H and O–H groups in total. The Hall–Kier alpha value is -0.740. The van der Waals surface area contributed by atoms with Gasteiger partial charge in [0.05, 0.1) is 11.5 Å². The highest BCUT2D eigenvalue weighted by atomic mass is 35.7. The van der Waals surface area contributed by atoms with Gasteiger partial charge in [0.25, 0.3) is 9.05 Å². The molecule has 0 aromatic heterocycles. The maximum absolute atomic E-state index is 11.1. The molecule has 1 aromatic rings. The standard InChI is InChI=1S/C11H15ClO3S/c1-3-4-7-15-10-5-6-11(9(2)8-10)16(12,13)14/h5-6,8H,3-4,7H2,1-2H3. The zero-order valence-corrected chi connectivity index (χ0v) is 10.9. The summed E-state index contributed by atoms with van der Waals surface area (Å²) in [6.45, 7) is 4.42. The lowest BCUT2D eigenvalue weighted by Crippen LogP contribution is -1.99. The van der Waals surface area contributed by atoms with Gasteiger partial charge >= 0.3 is 0 Å². The van der Waals surface area contributed by atoms with Crippen LogP contribution in [0.2, 0.25) is 0 Å². The van der Waals surface area contributed by atoms with Gasteiger partial charge in [-0.15, -0.1) is 0 Å². The SMILES string of the molecule is CCCCOc1ccc(S(=O)(=O)Cl)c(C)c1. The molecule has 0 amide bonds. The van der Waals surface area contributed by atoms with Crippen LogP contribution in [0, 0.1) is 6.92 Å². The summed E-state index contributed by atoms with van der Waals surface area (Å²) >= 11 is 0. The molecule has 0 spiro atoms. The molecule has 0 bridgehead atoms. The van der Waals surface area contributed by atoms with E-state index < -0.39 is 9.05 Å². The Bertz CT molecular complexity index is 454. The van der Waals surface area contributed by atoms with Crippen molar-refractivity contribution in [2.45, 2.75) is 31.6 Å². The fourth-order valence-electron chi connectivity index (χ4n) is 1.32. The van der Waals surface area contributed by atoms with Crippen LogP contribution in [0.5, 0.6) is 5.75 Å². The third kappa shape index (κ3) is 3.68. The number of rotatable bonds is 5. The predicted octanol–water partition coefficient (Wildman–Crippen LogP) is 3.10. The lowest BCUT2D eigenvalue weighted by molar-refractivity contribution is 0.309. The number of benzene rings is 1. The topological polar surface area (TPSA) is 43.4 Å². The minimum Gasteiger partial charge on any atom is -0.494 e. The van der Waals surface area contributed by atoms with E-state index in [-0.39, 0.29) is 4.90 Å². The number of hydrogen-bond acceptors (Lipinski definition) is 3. The summed E-state index contributed by atoms with van der Waals surface area (Å²) in [5, 5.41) is 0. The molecule has 90 valence electrons. The number of halogens is 1. The first kappa shape index (κ1) is 13.3. The molecule has 0 saturated heterocycles. The van der Waals surface area contributed by atoms with Gasteiger partial charge in [0.1, 0.15) is 5.75 Å². The molecule has 0 aliphatic rings. The van der Waals surface area contributed by atoms with Crippen LogP contribution in [-0.2, 0) is 9.05 Å². The van der Waals surface area contributed by atoms with Crippen molar-refractivity contribution in [2.75, 3.05) is 6.61 Å². The van der Waals surface area contributed by atoms with Crippen LogP contribution in [0.1, 0.15) is 25.3 Å². The monoisotopic (exact) mass is 262 g/mol. The summed E-state index contributed by atoms with van der Waals surface area (Å²) in [4.78, 5) is 0.136. The summed E-state index contributed by atoms with van der Waals surface area (Å²) in [5.41, 5.74) is 0.601. The molecule has 1 aromatic carbocycles. The Balaban J connectivity index is 2.83. The zero-order chi connectivity index (χ0) is 12.2. The second-order valence-corrected chi connectivity index (χ2v) is 6.10. The van der Waals surface area contributed by atoms with Crippen molar-refractivity contribution in [3.05, 3.63) is 23.8 Å². The van der Waals surface area contributed by atoms with E-state index >= 15 is 0 Å². The van der Waals surface area contributed by atoms with Crippen molar-refractivity contribution in [3.63, 3.8) is 0 Å². The molecule has 0 aliphatic heterocycles. The van der Waals surface area contributed by atoms with Crippen LogP contribution < -0.4 is 4.74 Å². The fraction of sp³-hybridized carbons (Fsp3) is 0.455. The van der Waals surface area contributed by atoms with E-state index in [4.69, 9.17) is 15.4 Å². The van der Waals surface area contributed by atoms with Crippen molar-refractivity contribution in [1.82, 2.24) is 0 Å². The molecule has 0 atom stereocenters. The van der Waals surface area contributed by atoms with Gasteiger partial charge in [0.2, 0.25) is 0 Å². The predicted molar refractivity (Wildman–Crippen MR) is 64.6 cm³/mol. The van der Waals surface area contributed by atoms with E-state index in [2.05, 4.69) is 6.92 Å². The van der Waals surface area contributed by atoms with Crippen molar-refractivity contribution < 1.29 is 13.2 Å². The zero-order valence-electron chi connectivity index (χ0n) is 9.36. The molecule has 0 fully saturated rings. The van der Waals surface area contributed by atoms with Crippen LogP contribution >= 0.6 is 10.7 Å². The molecule has 0 saturated carbocycles. The Labute approximate surface area is 101 Å². The highest BCUT2D eigenvalue weighted by molar-refractivity contribution is 8.13. The van der Waals surface area contributed by atoms with Gasteiger partial charge in [0.15, 0.2) is 0 Å². The molecule has 1 rings (SSSR count). The second-order valence-electron chi connectivity index (χ2n) is 3.57. The van der Waals surface area contributed by atoms with Gasteiger partial charge in [-0.05, 0) is 37.1 Å². The van der Waals surface area contributed by atoms with Gasteiger partial charge in [-0.3, -0.25) is 0 Å². The molecule has 0 aliphatic carbocycles. The lowest BCUT2D eigenvalue weighted by Gasteiger charge is -2.07. The summed E-state index contributed by atoms with van der Waals surface area (Å²) in [6.07, 6.45) is 2.04. The normalized spacial score (nSPS) is 11.4. The molecular weight excluding hydrogens is 248 g/mol. The molecule has 16 heavy (non-hydrogen) atoms. The van der Waals surface area contributed by atoms with Gasteiger partial charge in [-0.25, -0.2) is 8.42 Å². The third-order valence-corrected chi connectivity index (χ3v) is 3.66. The quantitative estimate of drug-likeness (QED) is 0.605. The first-order chi connectivity index (χ1) is 7.45. The van der Waals surface area contributed by atoms with Gasteiger partial charge < -0.3 is 4.74 Å².